The molecular weight excluding hydrogens is 280 g/mol. The molecular formula is C21H22N2. The summed E-state index contributed by atoms with van der Waals surface area (Å²) in [5.41, 5.74) is 3.99. The molecule has 0 spiro atoms. The molecule has 0 fully saturated rings. The van der Waals surface area contributed by atoms with Gasteiger partial charge in [0, 0.05) is 31.2 Å². The summed E-state index contributed by atoms with van der Waals surface area (Å²) in [6.07, 6.45) is 5.95. The zero-order valence-corrected chi connectivity index (χ0v) is 13.3. The maximum atomic E-state index is 4.08. The molecule has 0 amide bonds. The summed E-state index contributed by atoms with van der Waals surface area (Å²) in [5.74, 6) is 0. The van der Waals surface area contributed by atoms with E-state index in [0.717, 1.165) is 25.9 Å². The van der Waals surface area contributed by atoms with Crippen LogP contribution in [0.1, 0.15) is 17.5 Å². The average molecular weight is 302 g/mol. The largest absolute Gasteiger partial charge is 0.367 e. The Morgan fingerprint density at radius 3 is 2.04 bits per heavy atom. The monoisotopic (exact) mass is 302 g/mol. The SMILES string of the molecule is c1ccc(CN(CCCc2ccncc2)c2ccccc2)cc1. The molecule has 0 radical (unpaired) electrons. The van der Waals surface area contributed by atoms with E-state index < -0.39 is 0 Å². The van der Waals surface area contributed by atoms with Crippen LogP contribution in [0.25, 0.3) is 0 Å². The van der Waals surface area contributed by atoms with Crippen molar-refractivity contribution in [3.8, 4) is 0 Å². The van der Waals surface area contributed by atoms with Crippen LogP contribution in [0, 0.1) is 0 Å². The molecule has 0 atom stereocenters. The van der Waals surface area contributed by atoms with E-state index in [1.165, 1.54) is 16.8 Å². The van der Waals surface area contributed by atoms with E-state index in [1.54, 1.807) is 0 Å². The summed E-state index contributed by atoms with van der Waals surface area (Å²) >= 11 is 0. The molecule has 3 rings (SSSR count). The Balaban J connectivity index is 1.65. The number of aromatic nitrogens is 1. The van der Waals surface area contributed by atoms with Crippen LogP contribution in [0.2, 0.25) is 0 Å². The first-order chi connectivity index (χ1) is 11.4. The van der Waals surface area contributed by atoms with E-state index in [9.17, 15) is 0 Å². The molecule has 0 bridgehead atoms. The van der Waals surface area contributed by atoms with E-state index in [0.29, 0.717) is 0 Å². The average Bonchev–Trinajstić information content (AvgIpc) is 2.63. The highest BCUT2D eigenvalue weighted by atomic mass is 15.1. The third-order valence-electron chi connectivity index (χ3n) is 3.98. The fraction of sp³-hybridized carbons (Fsp3) is 0.190. The summed E-state index contributed by atoms with van der Waals surface area (Å²) in [7, 11) is 0. The van der Waals surface area contributed by atoms with Gasteiger partial charge in [-0.05, 0) is 48.2 Å². The zero-order chi connectivity index (χ0) is 15.7. The number of rotatable bonds is 7. The van der Waals surface area contributed by atoms with Crippen LogP contribution in [0.4, 0.5) is 5.69 Å². The predicted molar refractivity (Wildman–Crippen MR) is 96.5 cm³/mol. The molecule has 3 aromatic rings. The number of hydrogen-bond acceptors (Lipinski definition) is 2. The molecule has 2 aromatic carbocycles. The summed E-state index contributed by atoms with van der Waals surface area (Å²) in [6.45, 7) is 1.99. The summed E-state index contributed by atoms with van der Waals surface area (Å²) in [6, 6.07) is 25.5. The Bertz CT molecular complexity index is 681. The molecule has 23 heavy (non-hydrogen) atoms. The highest BCUT2D eigenvalue weighted by molar-refractivity contribution is 5.46. The van der Waals surface area contributed by atoms with Crippen LogP contribution in [0.5, 0.6) is 0 Å². The predicted octanol–water partition coefficient (Wildman–Crippen LogP) is 4.72. The lowest BCUT2D eigenvalue weighted by atomic mass is 10.1. The number of aryl methyl sites for hydroxylation is 1. The summed E-state index contributed by atoms with van der Waals surface area (Å²) < 4.78 is 0. The Kier molecular flexibility index (Phi) is 5.41. The third-order valence-corrected chi connectivity index (χ3v) is 3.98. The van der Waals surface area contributed by atoms with Crippen molar-refractivity contribution in [3.63, 3.8) is 0 Å². The van der Waals surface area contributed by atoms with Crippen molar-refractivity contribution < 1.29 is 0 Å². The minimum absolute atomic E-state index is 0.946. The number of benzene rings is 2. The highest BCUT2D eigenvalue weighted by Crippen LogP contribution is 2.17. The van der Waals surface area contributed by atoms with Crippen LogP contribution >= 0.6 is 0 Å². The molecule has 1 aromatic heterocycles. The van der Waals surface area contributed by atoms with Crippen LogP contribution in [-0.2, 0) is 13.0 Å². The van der Waals surface area contributed by atoms with Gasteiger partial charge in [-0.2, -0.15) is 0 Å². The van der Waals surface area contributed by atoms with Gasteiger partial charge in [0.05, 0.1) is 0 Å². The first-order valence-electron chi connectivity index (χ1n) is 8.14. The van der Waals surface area contributed by atoms with Gasteiger partial charge in [0.2, 0.25) is 0 Å². The molecule has 0 aliphatic rings. The van der Waals surface area contributed by atoms with E-state index in [-0.39, 0.29) is 0 Å². The topological polar surface area (TPSA) is 16.1 Å². The van der Waals surface area contributed by atoms with Crippen LogP contribution in [0.3, 0.4) is 0 Å². The van der Waals surface area contributed by atoms with Crippen molar-refractivity contribution >= 4 is 5.69 Å². The van der Waals surface area contributed by atoms with Crippen molar-refractivity contribution in [2.24, 2.45) is 0 Å². The number of pyridine rings is 1. The van der Waals surface area contributed by atoms with Gasteiger partial charge in [-0.25, -0.2) is 0 Å². The fourth-order valence-electron chi connectivity index (χ4n) is 2.77. The van der Waals surface area contributed by atoms with Crippen LogP contribution < -0.4 is 4.90 Å². The molecule has 2 nitrogen and oxygen atoms in total. The number of para-hydroxylation sites is 1. The Hall–Kier alpha value is -2.61. The lowest BCUT2D eigenvalue weighted by Crippen LogP contribution is -2.24. The molecule has 2 heteroatoms. The lowest BCUT2D eigenvalue weighted by Gasteiger charge is -2.25. The van der Waals surface area contributed by atoms with Gasteiger partial charge in [-0.15, -0.1) is 0 Å². The van der Waals surface area contributed by atoms with E-state index in [4.69, 9.17) is 0 Å². The molecule has 116 valence electrons. The van der Waals surface area contributed by atoms with Crippen LogP contribution in [0.15, 0.2) is 85.2 Å². The number of hydrogen-bond donors (Lipinski definition) is 0. The standard InChI is InChI=1S/C21H22N2/c1-3-8-20(9-4-1)18-23(21-11-5-2-6-12-21)17-7-10-19-13-15-22-16-14-19/h1-6,8-9,11-16H,7,10,17-18H2. The highest BCUT2D eigenvalue weighted by Gasteiger charge is 2.07. The quantitative estimate of drug-likeness (QED) is 0.627. The lowest BCUT2D eigenvalue weighted by molar-refractivity contribution is 0.728. The van der Waals surface area contributed by atoms with E-state index in [2.05, 4.69) is 82.7 Å². The molecule has 1 heterocycles. The molecule has 0 saturated carbocycles. The number of anilines is 1. The Morgan fingerprint density at radius 1 is 0.696 bits per heavy atom. The zero-order valence-electron chi connectivity index (χ0n) is 13.3. The van der Waals surface area contributed by atoms with Crippen LogP contribution in [-0.4, -0.2) is 11.5 Å². The van der Waals surface area contributed by atoms with E-state index >= 15 is 0 Å². The summed E-state index contributed by atoms with van der Waals surface area (Å²) in [4.78, 5) is 6.54. The van der Waals surface area contributed by atoms with Gasteiger partial charge < -0.3 is 4.90 Å². The smallest absolute Gasteiger partial charge is 0.0429 e. The van der Waals surface area contributed by atoms with Crippen molar-refractivity contribution in [3.05, 3.63) is 96.3 Å². The van der Waals surface area contributed by atoms with Crippen molar-refractivity contribution in [2.45, 2.75) is 19.4 Å². The molecule has 0 N–H and O–H groups in total. The summed E-state index contributed by atoms with van der Waals surface area (Å²) in [5, 5.41) is 0. The Morgan fingerprint density at radius 2 is 1.35 bits per heavy atom. The minimum atomic E-state index is 0.946. The molecule has 0 saturated heterocycles. The van der Waals surface area contributed by atoms with E-state index in [1.807, 2.05) is 12.4 Å². The second-order valence-electron chi connectivity index (χ2n) is 5.70. The molecule has 0 aliphatic heterocycles. The second-order valence-corrected chi connectivity index (χ2v) is 5.70. The molecule has 0 unspecified atom stereocenters. The number of nitrogens with zero attached hydrogens (tertiary/aromatic N) is 2. The first-order valence-corrected chi connectivity index (χ1v) is 8.14. The first kappa shape index (κ1) is 15.3. The van der Waals surface area contributed by atoms with Gasteiger partial charge in [0.15, 0.2) is 0 Å². The minimum Gasteiger partial charge on any atom is -0.367 e. The van der Waals surface area contributed by atoms with Crippen molar-refractivity contribution in [1.29, 1.82) is 0 Å². The maximum absolute atomic E-state index is 4.08. The van der Waals surface area contributed by atoms with Gasteiger partial charge in [-0.1, -0.05) is 48.5 Å². The van der Waals surface area contributed by atoms with Gasteiger partial charge >= 0.3 is 0 Å². The third kappa shape index (κ3) is 4.68. The van der Waals surface area contributed by atoms with Crippen molar-refractivity contribution in [2.75, 3.05) is 11.4 Å². The van der Waals surface area contributed by atoms with Gasteiger partial charge in [0.1, 0.15) is 0 Å². The Labute approximate surface area is 138 Å². The van der Waals surface area contributed by atoms with Crippen molar-refractivity contribution in [1.82, 2.24) is 4.98 Å². The van der Waals surface area contributed by atoms with Gasteiger partial charge in [-0.3, -0.25) is 4.98 Å². The second kappa shape index (κ2) is 8.14. The van der Waals surface area contributed by atoms with Gasteiger partial charge in [0.25, 0.3) is 0 Å². The maximum Gasteiger partial charge on any atom is 0.0429 e. The fourth-order valence-corrected chi connectivity index (χ4v) is 2.77. The molecule has 0 aliphatic carbocycles. The normalized spacial score (nSPS) is 10.4.